The molecule has 100 valence electrons. The Bertz CT molecular complexity index is 427. The molecule has 1 amide bonds. The predicted molar refractivity (Wildman–Crippen MR) is 70.8 cm³/mol. The number of carbonyl (C=O) groups is 1. The second kappa shape index (κ2) is 5.77. The molecule has 0 radical (unpaired) electrons. The van der Waals surface area contributed by atoms with Crippen molar-refractivity contribution < 1.29 is 9.53 Å². The maximum atomic E-state index is 12.0. The van der Waals surface area contributed by atoms with E-state index in [0.29, 0.717) is 13.2 Å². The van der Waals surface area contributed by atoms with E-state index >= 15 is 0 Å². The Morgan fingerprint density at radius 2 is 2.39 bits per heavy atom. The Labute approximate surface area is 111 Å². The summed E-state index contributed by atoms with van der Waals surface area (Å²) in [5, 5.41) is 7.19. The lowest BCUT2D eigenvalue weighted by atomic mass is 10.2. The molecule has 1 saturated heterocycles. The first kappa shape index (κ1) is 13.5. The number of hydrogen-bond donors (Lipinski definition) is 2. The molecular weight excluding hydrogens is 250 g/mol. The van der Waals surface area contributed by atoms with Crippen molar-refractivity contribution in [1.29, 1.82) is 0 Å². The van der Waals surface area contributed by atoms with E-state index < -0.39 is 0 Å². The monoisotopic (exact) mass is 269 g/mol. The summed E-state index contributed by atoms with van der Waals surface area (Å²) in [4.78, 5) is 17.5. The molecule has 0 aromatic carbocycles. The third-order valence-corrected chi connectivity index (χ3v) is 4.19. The van der Waals surface area contributed by atoms with Gasteiger partial charge in [-0.05, 0) is 20.8 Å². The van der Waals surface area contributed by atoms with Crippen molar-refractivity contribution in [2.75, 3.05) is 19.8 Å². The molecular formula is C12H19N3O2S. The van der Waals surface area contributed by atoms with Crippen LogP contribution in [0.1, 0.15) is 28.5 Å². The van der Waals surface area contributed by atoms with Crippen molar-refractivity contribution in [2.24, 2.45) is 0 Å². The minimum absolute atomic E-state index is 0.00680. The van der Waals surface area contributed by atoms with E-state index in [9.17, 15) is 4.79 Å². The van der Waals surface area contributed by atoms with Crippen LogP contribution in [0.2, 0.25) is 0 Å². The van der Waals surface area contributed by atoms with Gasteiger partial charge >= 0.3 is 0 Å². The zero-order valence-corrected chi connectivity index (χ0v) is 11.8. The lowest BCUT2D eigenvalue weighted by molar-refractivity contribution is -0.126. The normalized spacial score (nSPS) is 21.6. The summed E-state index contributed by atoms with van der Waals surface area (Å²) in [6, 6.07) is -0.247. The van der Waals surface area contributed by atoms with Crippen LogP contribution < -0.4 is 10.6 Å². The summed E-state index contributed by atoms with van der Waals surface area (Å²) in [5.41, 5.74) is 0.998. The fourth-order valence-corrected chi connectivity index (χ4v) is 2.99. The summed E-state index contributed by atoms with van der Waals surface area (Å²) in [7, 11) is 0. The fourth-order valence-electron chi connectivity index (χ4n) is 2.06. The van der Waals surface area contributed by atoms with Crippen molar-refractivity contribution in [3.05, 3.63) is 15.6 Å². The van der Waals surface area contributed by atoms with Gasteiger partial charge in [-0.3, -0.25) is 4.79 Å². The first-order valence-corrected chi connectivity index (χ1v) is 6.95. The summed E-state index contributed by atoms with van der Waals surface area (Å²) < 4.78 is 5.29. The molecule has 0 aliphatic carbocycles. The SMILES string of the molecule is Cc1nc(C)c(C(C)NC(=O)C2COCCN2)s1. The fraction of sp³-hybridized carbons (Fsp3) is 0.667. The van der Waals surface area contributed by atoms with Crippen LogP contribution >= 0.6 is 11.3 Å². The van der Waals surface area contributed by atoms with Gasteiger partial charge in [-0.15, -0.1) is 11.3 Å². The highest BCUT2D eigenvalue weighted by Crippen LogP contribution is 2.24. The molecule has 1 fully saturated rings. The van der Waals surface area contributed by atoms with Crippen LogP contribution in [0.15, 0.2) is 0 Å². The largest absolute Gasteiger partial charge is 0.378 e. The third kappa shape index (κ3) is 3.07. The van der Waals surface area contributed by atoms with Crippen LogP contribution in [-0.4, -0.2) is 36.7 Å². The molecule has 1 aliphatic rings. The minimum Gasteiger partial charge on any atom is -0.378 e. The molecule has 2 N–H and O–H groups in total. The number of carbonyl (C=O) groups excluding carboxylic acids is 1. The van der Waals surface area contributed by atoms with Crippen LogP contribution in [0, 0.1) is 13.8 Å². The number of thiazole rings is 1. The molecule has 1 aromatic heterocycles. The standard InChI is InChI=1S/C12H19N3O2S/c1-7-11(18-9(3)14-7)8(2)15-12(16)10-6-17-5-4-13-10/h8,10,13H,4-6H2,1-3H3,(H,15,16). The Balaban J connectivity index is 1.96. The summed E-state index contributed by atoms with van der Waals surface area (Å²) in [6.07, 6.45) is 0. The molecule has 1 aliphatic heterocycles. The topological polar surface area (TPSA) is 63.2 Å². The molecule has 5 nitrogen and oxygen atoms in total. The number of ether oxygens (including phenoxy) is 1. The summed E-state index contributed by atoms with van der Waals surface area (Å²) in [6.45, 7) is 7.79. The Hall–Kier alpha value is -0.980. The van der Waals surface area contributed by atoms with Crippen molar-refractivity contribution in [2.45, 2.75) is 32.9 Å². The highest BCUT2D eigenvalue weighted by molar-refractivity contribution is 7.11. The summed E-state index contributed by atoms with van der Waals surface area (Å²) in [5.74, 6) is -0.00680. The van der Waals surface area contributed by atoms with Crippen LogP contribution in [0.5, 0.6) is 0 Å². The predicted octanol–water partition coefficient (Wildman–Crippen LogP) is 0.926. The lowest BCUT2D eigenvalue weighted by Crippen LogP contribution is -2.51. The molecule has 2 heterocycles. The Morgan fingerprint density at radius 1 is 1.61 bits per heavy atom. The number of morpholine rings is 1. The smallest absolute Gasteiger partial charge is 0.240 e. The van der Waals surface area contributed by atoms with E-state index in [4.69, 9.17) is 4.74 Å². The third-order valence-electron chi connectivity index (χ3n) is 2.93. The molecule has 0 bridgehead atoms. The van der Waals surface area contributed by atoms with Gasteiger partial charge < -0.3 is 15.4 Å². The number of hydrogen-bond acceptors (Lipinski definition) is 5. The molecule has 2 unspecified atom stereocenters. The van der Waals surface area contributed by atoms with Crippen LogP contribution in [0.4, 0.5) is 0 Å². The van der Waals surface area contributed by atoms with E-state index in [0.717, 1.165) is 22.1 Å². The molecule has 18 heavy (non-hydrogen) atoms. The van der Waals surface area contributed by atoms with E-state index in [2.05, 4.69) is 15.6 Å². The molecule has 1 aromatic rings. The minimum atomic E-state index is -0.240. The summed E-state index contributed by atoms with van der Waals surface area (Å²) >= 11 is 1.63. The van der Waals surface area contributed by atoms with Gasteiger partial charge in [0.05, 0.1) is 30.0 Å². The first-order chi connectivity index (χ1) is 8.58. The molecule has 0 spiro atoms. The van der Waals surface area contributed by atoms with Crippen LogP contribution in [-0.2, 0) is 9.53 Å². The maximum absolute atomic E-state index is 12.0. The van der Waals surface area contributed by atoms with Gasteiger partial charge in [-0.2, -0.15) is 0 Å². The Kier molecular flexibility index (Phi) is 4.31. The number of aryl methyl sites for hydroxylation is 2. The van der Waals surface area contributed by atoms with E-state index in [-0.39, 0.29) is 18.0 Å². The zero-order chi connectivity index (χ0) is 13.1. The number of amides is 1. The van der Waals surface area contributed by atoms with Gasteiger partial charge in [0.2, 0.25) is 5.91 Å². The van der Waals surface area contributed by atoms with E-state index in [1.54, 1.807) is 11.3 Å². The second-order valence-electron chi connectivity index (χ2n) is 4.49. The van der Waals surface area contributed by atoms with Gasteiger partial charge in [-0.25, -0.2) is 4.98 Å². The first-order valence-electron chi connectivity index (χ1n) is 6.13. The van der Waals surface area contributed by atoms with Crippen molar-refractivity contribution >= 4 is 17.2 Å². The van der Waals surface area contributed by atoms with Gasteiger partial charge in [0.25, 0.3) is 0 Å². The van der Waals surface area contributed by atoms with Crippen molar-refractivity contribution in [3.63, 3.8) is 0 Å². The maximum Gasteiger partial charge on any atom is 0.240 e. The van der Waals surface area contributed by atoms with Crippen LogP contribution in [0.25, 0.3) is 0 Å². The van der Waals surface area contributed by atoms with E-state index in [1.807, 2.05) is 20.8 Å². The number of nitrogens with one attached hydrogen (secondary N) is 2. The average molecular weight is 269 g/mol. The highest BCUT2D eigenvalue weighted by Gasteiger charge is 2.23. The highest BCUT2D eigenvalue weighted by atomic mass is 32.1. The molecule has 2 atom stereocenters. The average Bonchev–Trinajstić information content (AvgIpc) is 2.69. The molecule has 2 rings (SSSR count). The van der Waals surface area contributed by atoms with Gasteiger partial charge in [-0.1, -0.05) is 0 Å². The van der Waals surface area contributed by atoms with Crippen molar-refractivity contribution in [1.82, 2.24) is 15.6 Å². The van der Waals surface area contributed by atoms with Gasteiger partial charge in [0.1, 0.15) is 6.04 Å². The van der Waals surface area contributed by atoms with Gasteiger partial charge in [0, 0.05) is 11.4 Å². The lowest BCUT2D eigenvalue weighted by Gasteiger charge is -2.24. The van der Waals surface area contributed by atoms with Crippen LogP contribution in [0.3, 0.4) is 0 Å². The van der Waals surface area contributed by atoms with Gasteiger partial charge in [0.15, 0.2) is 0 Å². The molecule has 6 heteroatoms. The number of nitrogens with zero attached hydrogens (tertiary/aromatic N) is 1. The number of aromatic nitrogens is 1. The quantitative estimate of drug-likeness (QED) is 0.857. The van der Waals surface area contributed by atoms with Crippen molar-refractivity contribution in [3.8, 4) is 0 Å². The second-order valence-corrected chi connectivity index (χ2v) is 5.73. The number of rotatable bonds is 3. The van der Waals surface area contributed by atoms with E-state index in [1.165, 1.54) is 0 Å². The molecule has 0 saturated carbocycles. The zero-order valence-electron chi connectivity index (χ0n) is 10.9. The Morgan fingerprint density at radius 3 is 2.94 bits per heavy atom.